The third-order valence-corrected chi connectivity index (χ3v) is 4.99. The number of benzene rings is 2. The summed E-state index contributed by atoms with van der Waals surface area (Å²) in [6.07, 6.45) is 1.83. The van der Waals surface area contributed by atoms with Crippen molar-refractivity contribution in [3.05, 3.63) is 59.7 Å². The predicted molar refractivity (Wildman–Crippen MR) is 118 cm³/mol. The number of amides is 2. The third-order valence-electron chi connectivity index (χ3n) is 4.99. The molecule has 2 rings (SSSR count). The van der Waals surface area contributed by atoms with Gasteiger partial charge in [0.15, 0.2) is 11.5 Å². The van der Waals surface area contributed by atoms with Crippen molar-refractivity contribution in [2.45, 2.75) is 45.7 Å². The maximum Gasteiger partial charge on any atom is 0.242 e. The standard InChI is InChI=1S/C24H32N2O4/c1-5-9-23(27)26(17-20-10-7-6-8-11-20)18(2)24(28)25-15-14-19-12-13-21(29-3)22(16-19)30-4/h6-8,10-13,16,18H,5,9,14-15,17H2,1-4H3,(H,25,28)/t18-/m1/s1. The van der Waals surface area contributed by atoms with Crippen LogP contribution in [0.25, 0.3) is 0 Å². The van der Waals surface area contributed by atoms with E-state index in [2.05, 4.69) is 5.32 Å². The quantitative estimate of drug-likeness (QED) is 0.613. The number of carbonyl (C=O) groups excluding carboxylic acids is 2. The Morgan fingerprint density at radius 1 is 1.00 bits per heavy atom. The van der Waals surface area contributed by atoms with Crippen molar-refractivity contribution in [1.29, 1.82) is 0 Å². The van der Waals surface area contributed by atoms with Crippen LogP contribution in [0.2, 0.25) is 0 Å². The molecule has 1 N–H and O–H groups in total. The summed E-state index contributed by atoms with van der Waals surface area (Å²) in [5.74, 6) is 1.17. The highest BCUT2D eigenvalue weighted by molar-refractivity contribution is 5.87. The summed E-state index contributed by atoms with van der Waals surface area (Å²) < 4.78 is 10.6. The van der Waals surface area contributed by atoms with Crippen LogP contribution < -0.4 is 14.8 Å². The van der Waals surface area contributed by atoms with Gasteiger partial charge in [-0.15, -0.1) is 0 Å². The molecule has 0 fully saturated rings. The van der Waals surface area contributed by atoms with E-state index in [1.54, 1.807) is 26.0 Å². The summed E-state index contributed by atoms with van der Waals surface area (Å²) in [5, 5.41) is 2.96. The van der Waals surface area contributed by atoms with E-state index in [0.29, 0.717) is 37.4 Å². The molecule has 6 nitrogen and oxygen atoms in total. The van der Waals surface area contributed by atoms with E-state index in [4.69, 9.17) is 9.47 Å². The fraction of sp³-hybridized carbons (Fsp3) is 0.417. The summed E-state index contributed by atoms with van der Waals surface area (Å²) in [4.78, 5) is 27.0. The van der Waals surface area contributed by atoms with Crippen LogP contribution in [-0.2, 0) is 22.6 Å². The van der Waals surface area contributed by atoms with Crippen LogP contribution in [0.5, 0.6) is 11.5 Å². The van der Waals surface area contributed by atoms with Crippen LogP contribution >= 0.6 is 0 Å². The Morgan fingerprint density at radius 2 is 1.70 bits per heavy atom. The topological polar surface area (TPSA) is 67.9 Å². The minimum absolute atomic E-state index is 0.0103. The first-order chi connectivity index (χ1) is 14.5. The van der Waals surface area contributed by atoms with Crippen molar-refractivity contribution < 1.29 is 19.1 Å². The predicted octanol–water partition coefficient (Wildman–Crippen LogP) is 3.58. The Morgan fingerprint density at radius 3 is 2.33 bits per heavy atom. The van der Waals surface area contributed by atoms with E-state index in [-0.39, 0.29) is 11.8 Å². The first-order valence-electron chi connectivity index (χ1n) is 10.3. The molecule has 2 amide bonds. The Bertz CT molecular complexity index is 823. The summed E-state index contributed by atoms with van der Waals surface area (Å²) in [7, 11) is 3.19. The average Bonchev–Trinajstić information content (AvgIpc) is 2.77. The normalized spacial score (nSPS) is 11.5. The van der Waals surface area contributed by atoms with E-state index in [1.807, 2.05) is 55.5 Å². The molecule has 6 heteroatoms. The highest BCUT2D eigenvalue weighted by atomic mass is 16.5. The average molecular weight is 413 g/mol. The summed E-state index contributed by atoms with van der Waals surface area (Å²) in [5.41, 5.74) is 2.04. The maximum atomic E-state index is 12.7. The summed E-state index contributed by atoms with van der Waals surface area (Å²) >= 11 is 0. The Hall–Kier alpha value is -3.02. The molecule has 30 heavy (non-hydrogen) atoms. The molecule has 0 aliphatic carbocycles. The molecule has 0 unspecified atom stereocenters. The molecule has 2 aromatic rings. The van der Waals surface area contributed by atoms with Crippen molar-refractivity contribution in [2.24, 2.45) is 0 Å². The molecule has 0 bridgehead atoms. The number of hydrogen-bond donors (Lipinski definition) is 1. The largest absolute Gasteiger partial charge is 0.493 e. The van der Waals surface area contributed by atoms with Crippen molar-refractivity contribution in [2.75, 3.05) is 20.8 Å². The molecular formula is C24H32N2O4. The van der Waals surface area contributed by atoms with Gasteiger partial charge in [0, 0.05) is 19.5 Å². The molecular weight excluding hydrogens is 380 g/mol. The molecule has 0 spiro atoms. The number of ether oxygens (including phenoxy) is 2. The van der Waals surface area contributed by atoms with Gasteiger partial charge in [0.25, 0.3) is 0 Å². The fourth-order valence-electron chi connectivity index (χ4n) is 3.23. The zero-order chi connectivity index (χ0) is 21.9. The van der Waals surface area contributed by atoms with Gasteiger partial charge < -0.3 is 19.7 Å². The Balaban J connectivity index is 1.98. The van der Waals surface area contributed by atoms with E-state index < -0.39 is 6.04 Å². The SMILES string of the molecule is CCCC(=O)N(Cc1ccccc1)[C@H](C)C(=O)NCCc1ccc(OC)c(OC)c1. The Kier molecular flexibility index (Phi) is 9.19. The molecule has 0 saturated heterocycles. The summed E-state index contributed by atoms with van der Waals surface area (Å²) in [6.45, 7) is 4.64. The molecule has 0 aliphatic heterocycles. The van der Waals surface area contributed by atoms with Gasteiger partial charge in [0.1, 0.15) is 6.04 Å². The van der Waals surface area contributed by atoms with Crippen LogP contribution in [0.15, 0.2) is 48.5 Å². The zero-order valence-corrected chi connectivity index (χ0v) is 18.3. The molecule has 1 atom stereocenters. The van der Waals surface area contributed by atoms with Crippen molar-refractivity contribution >= 4 is 11.8 Å². The van der Waals surface area contributed by atoms with Gasteiger partial charge in [0.2, 0.25) is 11.8 Å². The molecule has 0 aliphatic rings. The summed E-state index contributed by atoms with van der Waals surface area (Å²) in [6, 6.07) is 14.9. The van der Waals surface area contributed by atoms with Crippen LogP contribution in [0.3, 0.4) is 0 Å². The third kappa shape index (κ3) is 6.51. The second-order valence-electron chi connectivity index (χ2n) is 7.16. The zero-order valence-electron chi connectivity index (χ0n) is 18.3. The van der Waals surface area contributed by atoms with Crippen LogP contribution in [0, 0.1) is 0 Å². The number of nitrogens with zero attached hydrogens (tertiary/aromatic N) is 1. The van der Waals surface area contributed by atoms with Crippen molar-refractivity contribution in [1.82, 2.24) is 10.2 Å². The number of methoxy groups -OCH3 is 2. The van der Waals surface area contributed by atoms with Crippen molar-refractivity contribution in [3.63, 3.8) is 0 Å². The number of hydrogen-bond acceptors (Lipinski definition) is 4. The van der Waals surface area contributed by atoms with E-state index >= 15 is 0 Å². The maximum absolute atomic E-state index is 12.7. The second-order valence-corrected chi connectivity index (χ2v) is 7.16. The monoisotopic (exact) mass is 412 g/mol. The molecule has 0 heterocycles. The molecule has 0 radical (unpaired) electrons. The van der Waals surface area contributed by atoms with E-state index in [1.165, 1.54) is 0 Å². The second kappa shape index (κ2) is 11.9. The lowest BCUT2D eigenvalue weighted by Gasteiger charge is -2.28. The molecule has 2 aromatic carbocycles. The molecule has 162 valence electrons. The lowest BCUT2D eigenvalue weighted by atomic mass is 10.1. The van der Waals surface area contributed by atoms with Gasteiger partial charge >= 0.3 is 0 Å². The number of rotatable bonds is 11. The smallest absolute Gasteiger partial charge is 0.242 e. The lowest BCUT2D eigenvalue weighted by Crippen LogP contribution is -2.47. The highest BCUT2D eigenvalue weighted by Crippen LogP contribution is 2.27. The van der Waals surface area contributed by atoms with Crippen LogP contribution in [0.1, 0.15) is 37.8 Å². The van der Waals surface area contributed by atoms with Gasteiger partial charge in [-0.2, -0.15) is 0 Å². The minimum Gasteiger partial charge on any atom is -0.493 e. The Labute approximate surface area is 179 Å². The fourth-order valence-corrected chi connectivity index (χ4v) is 3.23. The van der Waals surface area contributed by atoms with Crippen LogP contribution in [0.4, 0.5) is 0 Å². The van der Waals surface area contributed by atoms with Gasteiger partial charge in [0.05, 0.1) is 14.2 Å². The van der Waals surface area contributed by atoms with Gasteiger partial charge in [-0.3, -0.25) is 9.59 Å². The first kappa shape index (κ1) is 23.3. The highest BCUT2D eigenvalue weighted by Gasteiger charge is 2.25. The molecule has 0 saturated carbocycles. The number of carbonyl (C=O) groups is 2. The van der Waals surface area contributed by atoms with E-state index in [9.17, 15) is 9.59 Å². The first-order valence-corrected chi connectivity index (χ1v) is 10.3. The molecule has 0 aromatic heterocycles. The van der Waals surface area contributed by atoms with Crippen LogP contribution in [-0.4, -0.2) is 43.5 Å². The van der Waals surface area contributed by atoms with Gasteiger partial charge in [-0.1, -0.05) is 43.3 Å². The van der Waals surface area contributed by atoms with Crippen molar-refractivity contribution in [3.8, 4) is 11.5 Å². The van der Waals surface area contributed by atoms with Gasteiger partial charge in [-0.25, -0.2) is 0 Å². The number of nitrogens with one attached hydrogen (secondary N) is 1. The minimum atomic E-state index is -0.547. The van der Waals surface area contributed by atoms with E-state index in [0.717, 1.165) is 17.5 Å². The lowest BCUT2D eigenvalue weighted by molar-refractivity contribution is -0.140. The van der Waals surface area contributed by atoms with Gasteiger partial charge in [-0.05, 0) is 43.0 Å².